The molecule has 1 aromatic rings. The highest BCUT2D eigenvalue weighted by Gasteiger charge is 2.33. The first-order chi connectivity index (χ1) is 7.84. The van der Waals surface area contributed by atoms with Gasteiger partial charge in [-0.2, -0.15) is 18.4 Å². The first-order valence-electron chi connectivity index (χ1n) is 4.48. The molecule has 0 fully saturated rings. The molecule has 0 saturated heterocycles. The van der Waals surface area contributed by atoms with E-state index in [2.05, 4.69) is 5.32 Å². The summed E-state index contributed by atoms with van der Waals surface area (Å²) in [6, 6.07) is 3.97. The Balaban J connectivity index is 2.98. The Morgan fingerprint density at radius 3 is 2.41 bits per heavy atom. The summed E-state index contributed by atoms with van der Waals surface area (Å²) in [7, 11) is 0. The van der Waals surface area contributed by atoms with Crippen LogP contribution in [0.1, 0.15) is 11.1 Å². The topological polar surface area (TPSA) is 35.8 Å². The SMILES string of the molecule is N#Cc1cc(NCC(F)F)ccc1C(F)(F)F. The van der Waals surface area contributed by atoms with Crippen molar-refractivity contribution in [2.45, 2.75) is 12.6 Å². The largest absolute Gasteiger partial charge is 0.417 e. The molecule has 0 heterocycles. The van der Waals surface area contributed by atoms with Crippen LogP contribution in [0.25, 0.3) is 0 Å². The number of nitrogens with one attached hydrogen (secondary N) is 1. The number of anilines is 1. The fraction of sp³-hybridized carbons (Fsp3) is 0.300. The number of benzene rings is 1. The van der Waals surface area contributed by atoms with Crippen LogP contribution in [0.5, 0.6) is 0 Å². The number of nitrogens with zero attached hydrogens (tertiary/aromatic N) is 1. The molecule has 1 rings (SSSR count). The molecule has 0 radical (unpaired) electrons. The van der Waals surface area contributed by atoms with E-state index in [0.717, 1.165) is 12.1 Å². The van der Waals surface area contributed by atoms with E-state index in [1.807, 2.05) is 0 Å². The number of hydrogen-bond acceptors (Lipinski definition) is 2. The molecule has 0 aromatic heterocycles. The van der Waals surface area contributed by atoms with Crippen LogP contribution in [0.4, 0.5) is 27.6 Å². The van der Waals surface area contributed by atoms with Gasteiger partial charge < -0.3 is 5.32 Å². The van der Waals surface area contributed by atoms with E-state index in [1.54, 1.807) is 0 Å². The second-order valence-electron chi connectivity index (χ2n) is 3.14. The molecule has 0 unspecified atom stereocenters. The molecule has 17 heavy (non-hydrogen) atoms. The van der Waals surface area contributed by atoms with E-state index in [9.17, 15) is 22.0 Å². The molecule has 7 heteroatoms. The predicted octanol–water partition coefficient (Wildman–Crippen LogP) is 3.25. The molecule has 92 valence electrons. The molecule has 1 N–H and O–H groups in total. The first kappa shape index (κ1) is 13.2. The summed E-state index contributed by atoms with van der Waals surface area (Å²) in [5.41, 5.74) is -1.63. The molecule has 0 saturated carbocycles. The summed E-state index contributed by atoms with van der Waals surface area (Å²) in [6.45, 7) is -0.684. The van der Waals surface area contributed by atoms with Gasteiger partial charge in [0.15, 0.2) is 0 Å². The van der Waals surface area contributed by atoms with Crippen LogP contribution in [-0.4, -0.2) is 13.0 Å². The second kappa shape index (κ2) is 4.99. The van der Waals surface area contributed by atoms with Crippen LogP contribution in [-0.2, 0) is 6.18 Å². The molecule has 0 aliphatic heterocycles. The van der Waals surface area contributed by atoms with Crippen molar-refractivity contribution in [1.82, 2.24) is 0 Å². The van der Waals surface area contributed by atoms with Crippen molar-refractivity contribution in [3.05, 3.63) is 29.3 Å². The summed E-state index contributed by atoms with van der Waals surface area (Å²) < 4.78 is 60.9. The summed E-state index contributed by atoms with van der Waals surface area (Å²) >= 11 is 0. The van der Waals surface area contributed by atoms with E-state index in [4.69, 9.17) is 5.26 Å². The Morgan fingerprint density at radius 2 is 1.94 bits per heavy atom. The van der Waals surface area contributed by atoms with Gasteiger partial charge in [0, 0.05) is 5.69 Å². The summed E-state index contributed by atoms with van der Waals surface area (Å²) in [6.07, 6.45) is -7.26. The quantitative estimate of drug-likeness (QED) is 0.836. The molecule has 0 atom stereocenters. The van der Waals surface area contributed by atoms with Crippen molar-refractivity contribution in [3.8, 4) is 6.07 Å². The normalized spacial score (nSPS) is 11.4. The van der Waals surface area contributed by atoms with Gasteiger partial charge >= 0.3 is 6.18 Å². The smallest absolute Gasteiger partial charge is 0.379 e. The molecule has 0 spiro atoms. The number of nitriles is 1. The Hall–Kier alpha value is -1.84. The third-order valence-electron chi connectivity index (χ3n) is 1.91. The molecule has 0 bridgehead atoms. The van der Waals surface area contributed by atoms with Crippen molar-refractivity contribution in [2.75, 3.05) is 11.9 Å². The van der Waals surface area contributed by atoms with E-state index in [0.29, 0.717) is 6.07 Å². The number of hydrogen-bond donors (Lipinski definition) is 1. The maximum atomic E-state index is 12.4. The summed E-state index contributed by atoms with van der Waals surface area (Å²) in [5.74, 6) is 0. The van der Waals surface area contributed by atoms with Crippen LogP contribution in [0.2, 0.25) is 0 Å². The van der Waals surface area contributed by atoms with Crippen molar-refractivity contribution < 1.29 is 22.0 Å². The van der Waals surface area contributed by atoms with E-state index >= 15 is 0 Å². The van der Waals surface area contributed by atoms with Crippen molar-refractivity contribution >= 4 is 5.69 Å². The minimum atomic E-state index is -4.63. The molecule has 2 nitrogen and oxygen atoms in total. The summed E-state index contributed by atoms with van der Waals surface area (Å²) in [5, 5.41) is 10.8. The zero-order valence-electron chi connectivity index (χ0n) is 8.35. The first-order valence-corrected chi connectivity index (χ1v) is 4.48. The standard InChI is InChI=1S/C10H7F5N2/c11-9(12)5-17-7-1-2-8(10(13,14)15)6(3-7)4-16/h1-3,9,17H,5H2. The lowest BCUT2D eigenvalue weighted by atomic mass is 10.1. The minimum absolute atomic E-state index is 0.0508. The third kappa shape index (κ3) is 3.59. The second-order valence-corrected chi connectivity index (χ2v) is 3.14. The Labute approximate surface area is 93.7 Å². The van der Waals surface area contributed by atoms with Crippen LogP contribution < -0.4 is 5.32 Å². The molecular formula is C10H7F5N2. The van der Waals surface area contributed by atoms with Gasteiger partial charge in [0.2, 0.25) is 0 Å². The van der Waals surface area contributed by atoms with E-state index in [1.165, 1.54) is 6.07 Å². The zero-order chi connectivity index (χ0) is 13.1. The Bertz CT molecular complexity index is 433. The average molecular weight is 250 g/mol. The fourth-order valence-electron chi connectivity index (χ4n) is 1.19. The van der Waals surface area contributed by atoms with Crippen molar-refractivity contribution in [1.29, 1.82) is 5.26 Å². The maximum Gasteiger partial charge on any atom is 0.417 e. The third-order valence-corrected chi connectivity index (χ3v) is 1.91. The van der Waals surface area contributed by atoms with Gasteiger partial charge in [0.05, 0.1) is 23.7 Å². The maximum absolute atomic E-state index is 12.4. The zero-order valence-corrected chi connectivity index (χ0v) is 8.35. The number of rotatable bonds is 3. The van der Waals surface area contributed by atoms with Crippen molar-refractivity contribution in [3.63, 3.8) is 0 Å². The molecule has 1 aromatic carbocycles. The van der Waals surface area contributed by atoms with E-state index < -0.39 is 30.3 Å². The van der Waals surface area contributed by atoms with Gasteiger partial charge in [0.1, 0.15) is 0 Å². The summed E-state index contributed by atoms with van der Waals surface area (Å²) in [4.78, 5) is 0. The number of alkyl halides is 5. The fourth-order valence-corrected chi connectivity index (χ4v) is 1.19. The monoisotopic (exact) mass is 250 g/mol. The van der Waals surface area contributed by atoms with Crippen LogP contribution in [0.15, 0.2) is 18.2 Å². The van der Waals surface area contributed by atoms with Gasteiger partial charge in [-0.15, -0.1) is 0 Å². The average Bonchev–Trinajstić information content (AvgIpc) is 2.24. The number of halogens is 5. The lowest BCUT2D eigenvalue weighted by molar-refractivity contribution is -0.137. The van der Waals surface area contributed by atoms with Gasteiger partial charge in [-0.05, 0) is 18.2 Å². The van der Waals surface area contributed by atoms with Gasteiger partial charge in [-0.3, -0.25) is 0 Å². The molecule has 0 aliphatic rings. The lowest BCUT2D eigenvalue weighted by Crippen LogP contribution is -2.12. The Morgan fingerprint density at radius 1 is 1.29 bits per heavy atom. The molecular weight excluding hydrogens is 243 g/mol. The van der Waals surface area contributed by atoms with Gasteiger partial charge in [-0.1, -0.05) is 0 Å². The van der Waals surface area contributed by atoms with Gasteiger partial charge in [0.25, 0.3) is 6.43 Å². The highest BCUT2D eigenvalue weighted by atomic mass is 19.4. The van der Waals surface area contributed by atoms with Crippen LogP contribution in [0, 0.1) is 11.3 Å². The lowest BCUT2D eigenvalue weighted by Gasteiger charge is -2.11. The van der Waals surface area contributed by atoms with Crippen molar-refractivity contribution in [2.24, 2.45) is 0 Å². The predicted molar refractivity (Wildman–Crippen MR) is 50.7 cm³/mol. The van der Waals surface area contributed by atoms with Crippen LogP contribution in [0.3, 0.4) is 0 Å². The molecule has 0 aliphatic carbocycles. The van der Waals surface area contributed by atoms with Gasteiger partial charge in [-0.25, -0.2) is 8.78 Å². The van der Waals surface area contributed by atoms with Crippen LogP contribution >= 0.6 is 0 Å². The highest BCUT2D eigenvalue weighted by molar-refractivity contribution is 5.53. The Kier molecular flexibility index (Phi) is 3.89. The highest BCUT2D eigenvalue weighted by Crippen LogP contribution is 2.32. The minimum Gasteiger partial charge on any atom is -0.379 e. The molecule has 0 amide bonds. The van der Waals surface area contributed by atoms with E-state index in [-0.39, 0.29) is 5.69 Å².